The van der Waals surface area contributed by atoms with Gasteiger partial charge in [-0.1, -0.05) is 101 Å². The molecule has 0 atom stereocenters. The molecule has 34 heavy (non-hydrogen) atoms. The maximum absolute atomic E-state index is 5.30. The zero-order valence-electron chi connectivity index (χ0n) is 23.9. The van der Waals surface area contributed by atoms with Crippen molar-refractivity contribution in [1.82, 2.24) is 9.80 Å². The fourth-order valence-electron chi connectivity index (χ4n) is 4.48. The quantitative estimate of drug-likeness (QED) is 0.522. The smallest absolute Gasteiger partial charge is 0.469 e. The fraction of sp³-hybridized carbons (Fsp3) is 0.500. The molecular weight excluding hydrogens is 406 g/mol. The zero-order chi connectivity index (χ0) is 24.0. The first-order chi connectivity index (χ1) is 15.2. The van der Waals surface area contributed by atoms with E-state index in [4.69, 9.17) is 10.6 Å². The van der Waals surface area contributed by atoms with Crippen LogP contribution in [-0.2, 0) is 0 Å². The molecular formula is C28H42Li2N4. The van der Waals surface area contributed by atoms with Gasteiger partial charge < -0.3 is 20.4 Å². The monoisotopic (exact) mass is 448 g/mol. The fourth-order valence-corrected chi connectivity index (χ4v) is 4.48. The summed E-state index contributed by atoms with van der Waals surface area (Å²) in [7, 11) is 0. The molecule has 0 unspecified atom stereocenters. The Balaban J connectivity index is 0.00000544. The van der Waals surface area contributed by atoms with Crippen LogP contribution in [0.15, 0.2) is 35.9 Å². The normalized spacial score (nSPS) is 11.1. The Kier molecular flexibility index (Phi) is 14.2. The average Bonchev–Trinajstić information content (AvgIpc) is 2.72. The molecule has 0 amide bonds. The van der Waals surface area contributed by atoms with Gasteiger partial charge in [0.1, 0.15) is 0 Å². The molecule has 0 aliphatic carbocycles. The molecule has 2 aromatic carbocycles. The molecule has 0 aromatic heterocycles. The molecule has 0 aliphatic rings. The Morgan fingerprint density at radius 2 is 0.765 bits per heavy atom. The Morgan fingerprint density at radius 1 is 0.529 bits per heavy atom. The first kappa shape index (κ1) is 32.6. The standard InChI is InChI=1S/C28H42N4.2Li/c1-11-31(12-2)27(29-25-21(7)15-19(5)16-22(25)8)28(32(13-3)14-4)30-26-23(9)17-20(6)18-24(26)10;;/h15-18H,11-14H2,1-10H3;;/q-2;2*+1/b28-27-;;. The topological polar surface area (TPSA) is 34.7 Å². The van der Waals surface area contributed by atoms with Crippen molar-refractivity contribution in [3.8, 4) is 0 Å². The third-order valence-corrected chi connectivity index (χ3v) is 6.03. The van der Waals surface area contributed by atoms with Crippen molar-refractivity contribution < 1.29 is 37.7 Å². The van der Waals surface area contributed by atoms with Crippen molar-refractivity contribution in [2.75, 3.05) is 26.2 Å². The molecule has 0 heterocycles. The average molecular weight is 449 g/mol. The zero-order valence-corrected chi connectivity index (χ0v) is 23.9. The summed E-state index contributed by atoms with van der Waals surface area (Å²) in [5.74, 6) is 1.90. The molecule has 0 bridgehead atoms. The molecule has 2 aromatic rings. The van der Waals surface area contributed by atoms with E-state index < -0.39 is 0 Å². The van der Waals surface area contributed by atoms with E-state index in [0.717, 1.165) is 49.2 Å². The number of nitrogens with zero attached hydrogens (tertiary/aromatic N) is 4. The summed E-state index contributed by atoms with van der Waals surface area (Å²) in [6, 6.07) is 8.87. The van der Waals surface area contributed by atoms with E-state index in [1.807, 2.05) is 0 Å². The summed E-state index contributed by atoms with van der Waals surface area (Å²) in [6.45, 7) is 25.2. The van der Waals surface area contributed by atoms with Gasteiger partial charge in [0.2, 0.25) is 0 Å². The predicted octanol–water partition coefficient (Wildman–Crippen LogP) is 2.07. The van der Waals surface area contributed by atoms with Gasteiger partial charge in [0.05, 0.1) is 0 Å². The van der Waals surface area contributed by atoms with Gasteiger partial charge in [0.15, 0.2) is 0 Å². The van der Waals surface area contributed by atoms with E-state index in [9.17, 15) is 0 Å². The van der Waals surface area contributed by atoms with E-state index in [0.29, 0.717) is 0 Å². The van der Waals surface area contributed by atoms with Gasteiger partial charge in [0.25, 0.3) is 0 Å². The number of benzene rings is 2. The summed E-state index contributed by atoms with van der Waals surface area (Å²) in [6.07, 6.45) is 0. The van der Waals surface area contributed by atoms with Crippen molar-refractivity contribution >= 4 is 11.4 Å². The van der Waals surface area contributed by atoms with Crippen molar-refractivity contribution in [2.24, 2.45) is 0 Å². The van der Waals surface area contributed by atoms with Crippen LogP contribution in [0.3, 0.4) is 0 Å². The molecule has 0 radical (unpaired) electrons. The van der Waals surface area contributed by atoms with Gasteiger partial charge in [-0.05, 0) is 75.2 Å². The summed E-state index contributed by atoms with van der Waals surface area (Å²) in [5, 5.41) is 10.6. The second-order valence-corrected chi connectivity index (χ2v) is 8.71. The van der Waals surface area contributed by atoms with Gasteiger partial charge in [-0.25, -0.2) is 0 Å². The number of rotatable bonds is 10. The van der Waals surface area contributed by atoms with E-state index in [-0.39, 0.29) is 37.7 Å². The molecule has 0 spiro atoms. The van der Waals surface area contributed by atoms with E-state index in [1.54, 1.807) is 0 Å². The van der Waals surface area contributed by atoms with Crippen LogP contribution >= 0.6 is 0 Å². The van der Waals surface area contributed by atoms with E-state index in [2.05, 4.69) is 103 Å². The molecule has 0 aliphatic heterocycles. The van der Waals surface area contributed by atoms with Crippen molar-refractivity contribution in [3.63, 3.8) is 0 Å². The summed E-state index contributed by atoms with van der Waals surface area (Å²) < 4.78 is 0. The SMILES string of the molecule is CCN(CC)/C([N-]c1c(C)cc(C)cc1C)=C(/[N-]c1c(C)cc(C)cc1C)N(CC)CC.[Li+].[Li+]. The van der Waals surface area contributed by atoms with Crippen LogP contribution in [0.1, 0.15) is 61.1 Å². The third-order valence-electron chi connectivity index (χ3n) is 6.03. The second kappa shape index (κ2) is 14.9. The Morgan fingerprint density at radius 3 is 0.971 bits per heavy atom. The van der Waals surface area contributed by atoms with Gasteiger partial charge in [-0.15, -0.1) is 0 Å². The molecule has 2 rings (SSSR count). The molecule has 0 fully saturated rings. The number of hydrogen-bond donors (Lipinski definition) is 0. The Bertz CT molecular complexity index is 837. The van der Waals surface area contributed by atoms with Gasteiger partial charge in [-0.3, -0.25) is 0 Å². The molecule has 0 saturated carbocycles. The minimum absolute atomic E-state index is 0. The molecule has 0 N–H and O–H groups in total. The molecule has 0 saturated heterocycles. The second-order valence-electron chi connectivity index (χ2n) is 8.71. The maximum atomic E-state index is 5.30. The van der Waals surface area contributed by atoms with E-state index >= 15 is 0 Å². The van der Waals surface area contributed by atoms with Crippen LogP contribution in [0.4, 0.5) is 11.4 Å². The van der Waals surface area contributed by atoms with Crippen LogP contribution in [0.25, 0.3) is 10.6 Å². The molecule has 4 nitrogen and oxygen atoms in total. The van der Waals surface area contributed by atoms with Crippen molar-refractivity contribution in [2.45, 2.75) is 69.2 Å². The summed E-state index contributed by atoms with van der Waals surface area (Å²) >= 11 is 0. The maximum Gasteiger partial charge on any atom is 1.00 e. The van der Waals surface area contributed by atoms with Crippen molar-refractivity contribution in [3.05, 3.63) is 79.9 Å². The largest absolute Gasteiger partial charge is 1.00 e. The van der Waals surface area contributed by atoms with Gasteiger partial charge in [0, 0.05) is 0 Å². The van der Waals surface area contributed by atoms with E-state index in [1.165, 1.54) is 33.4 Å². The number of aryl methyl sites for hydroxylation is 6. The Labute approximate surface area is 233 Å². The first-order valence-electron chi connectivity index (χ1n) is 12.0. The van der Waals surface area contributed by atoms with Crippen LogP contribution < -0.4 is 37.7 Å². The van der Waals surface area contributed by atoms with Crippen molar-refractivity contribution in [1.29, 1.82) is 0 Å². The van der Waals surface area contributed by atoms with Crippen LogP contribution in [0, 0.1) is 41.5 Å². The van der Waals surface area contributed by atoms with Crippen LogP contribution in [-0.4, -0.2) is 36.0 Å². The van der Waals surface area contributed by atoms with Gasteiger partial charge >= 0.3 is 37.7 Å². The minimum Gasteiger partial charge on any atom is -0.469 e. The third kappa shape index (κ3) is 7.79. The first-order valence-corrected chi connectivity index (χ1v) is 12.0. The summed E-state index contributed by atoms with van der Waals surface area (Å²) in [5.41, 5.74) is 9.45. The van der Waals surface area contributed by atoms with Crippen LogP contribution in [0.2, 0.25) is 0 Å². The Hall–Kier alpha value is -1.43. The number of hydrogen-bond acceptors (Lipinski definition) is 2. The predicted molar refractivity (Wildman–Crippen MR) is 140 cm³/mol. The molecule has 6 heteroatoms. The van der Waals surface area contributed by atoms with Crippen LogP contribution in [0.5, 0.6) is 0 Å². The molecule has 176 valence electrons. The minimum atomic E-state index is 0. The summed E-state index contributed by atoms with van der Waals surface area (Å²) in [4.78, 5) is 4.66. The van der Waals surface area contributed by atoms with Gasteiger partial charge in [-0.2, -0.15) is 0 Å².